The number of anilines is 1. The van der Waals surface area contributed by atoms with Crippen LogP contribution in [0, 0.1) is 18.6 Å². The predicted molar refractivity (Wildman–Crippen MR) is 160 cm³/mol. The second kappa shape index (κ2) is 10.4. The van der Waals surface area contributed by atoms with Crippen molar-refractivity contribution in [2.24, 2.45) is 7.05 Å². The van der Waals surface area contributed by atoms with E-state index in [1.165, 1.54) is 30.9 Å². The number of aryl methyl sites for hydroxylation is 2. The summed E-state index contributed by atoms with van der Waals surface area (Å²) in [7, 11) is 1.53. The van der Waals surface area contributed by atoms with E-state index < -0.39 is 46.2 Å². The smallest absolute Gasteiger partial charge is 0.417 e. The Balaban J connectivity index is 1.32. The first-order valence-corrected chi connectivity index (χ1v) is 15.7. The van der Waals surface area contributed by atoms with Gasteiger partial charge in [0.05, 0.1) is 16.7 Å². The standard InChI is InChI=1S/C32H33F6N7O/c1-16-8-17-11-43(2)42-27(17)24(25(16)32(36,37)38)23-22(34)9-21-28(26(23)35)40-30(41-29(21)44-13-19-4-5-20(14-44)39-19)46-15-31-6-3-7-45(31)12-18(33)10-31/h8-9,11,18-20,39H,3-7,10,12-15H2,1-2H3/t18-,19?,20?,31+/m1/s1. The second-order valence-electron chi connectivity index (χ2n) is 13.4. The third kappa shape index (κ3) is 4.70. The highest BCUT2D eigenvalue weighted by Crippen LogP contribution is 2.47. The van der Waals surface area contributed by atoms with Gasteiger partial charge in [0.15, 0.2) is 5.82 Å². The van der Waals surface area contributed by atoms with E-state index in [4.69, 9.17) is 4.74 Å². The van der Waals surface area contributed by atoms with Crippen LogP contribution in [-0.4, -0.2) is 81.2 Å². The number of alkyl halides is 4. The minimum atomic E-state index is -4.92. The minimum Gasteiger partial charge on any atom is -0.461 e. The summed E-state index contributed by atoms with van der Waals surface area (Å²) in [5.41, 5.74) is -3.95. The van der Waals surface area contributed by atoms with Crippen LogP contribution in [0.15, 0.2) is 18.3 Å². The van der Waals surface area contributed by atoms with Crippen molar-refractivity contribution >= 4 is 27.6 Å². The molecule has 0 aliphatic carbocycles. The van der Waals surface area contributed by atoms with E-state index in [2.05, 4.69) is 25.3 Å². The summed E-state index contributed by atoms with van der Waals surface area (Å²) in [4.78, 5) is 13.0. The molecule has 4 fully saturated rings. The lowest BCUT2D eigenvalue weighted by Gasteiger charge is -2.34. The number of rotatable bonds is 5. The highest BCUT2D eigenvalue weighted by Gasteiger charge is 2.49. The van der Waals surface area contributed by atoms with Gasteiger partial charge in [-0.15, -0.1) is 0 Å². The van der Waals surface area contributed by atoms with E-state index in [-0.39, 0.29) is 52.5 Å². The van der Waals surface area contributed by atoms with Crippen LogP contribution < -0.4 is 15.0 Å². The van der Waals surface area contributed by atoms with Gasteiger partial charge >= 0.3 is 12.2 Å². The molecule has 2 bridgehead atoms. The lowest BCUT2D eigenvalue weighted by atomic mass is 9.91. The maximum Gasteiger partial charge on any atom is 0.417 e. The summed E-state index contributed by atoms with van der Waals surface area (Å²) < 4.78 is 98.7. The summed E-state index contributed by atoms with van der Waals surface area (Å²) in [6.45, 7) is 3.45. The van der Waals surface area contributed by atoms with Gasteiger partial charge in [-0.3, -0.25) is 9.58 Å². The monoisotopic (exact) mass is 645 g/mol. The molecule has 1 N–H and O–H groups in total. The van der Waals surface area contributed by atoms with Gasteiger partial charge < -0.3 is 15.0 Å². The maximum absolute atomic E-state index is 16.9. The van der Waals surface area contributed by atoms with E-state index in [0.717, 1.165) is 38.3 Å². The Bertz CT molecular complexity index is 1870. The van der Waals surface area contributed by atoms with Gasteiger partial charge in [-0.05, 0) is 56.8 Å². The molecule has 6 heterocycles. The molecule has 4 aliphatic rings. The fourth-order valence-electron chi connectivity index (χ4n) is 8.35. The third-order valence-electron chi connectivity index (χ3n) is 10.2. The molecule has 46 heavy (non-hydrogen) atoms. The molecule has 4 atom stereocenters. The lowest BCUT2D eigenvalue weighted by molar-refractivity contribution is -0.137. The zero-order valence-corrected chi connectivity index (χ0v) is 25.4. The topological polar surface area (TPSA) is 71.3 Å². The molecule has 0 amide bonds. The number of fused-ring (bicyclic) bond motifs is 5. The van der Waals surface area contributed by atoms with Crippen molar-refractivity contribution in [2.45, 2.75) is 69.0 Å². The molecule has 4 aromatic rings. The van der Waals surface area contributed by atoms with E-state index in [1.54, 1.807) is 0 Å². The number of ether oxygens (including phenoxy) is 1. The molecule has 0 radical (unpaired) electrons. The van der Waals surface area contributed by atoms with Crippen LogP contribution in [0.2, 0.25) is 0 Å². The van der Waals surface area contributed by atoms with Crippen LogP contribution in [0.3, 0.4) is 0 Å². The van der Waals surface area contributed by atoms with Crippen molar-refractivity contribution in [2.75, 3.05) is 37.7 Å². The molecular formula is C32H33F6N7O. The molecule has 14 heteroatoms. The zero-order valence-electron chi connectivity index (χ0n) is 25.4. The quantitative estimate of drug-likeness (QED) is 0.280. The Morgan fingerprint density at radius 1 is 1.04 bits per heavy atom. The number of halogens is 6. The number of piperazine rings is 1. The Kier molecular flexibility index (Phi) is 6.74. The number of benzene rings is 2. The molecular weight excluding hydrogens is 612 g/mol. The molecule has 4 aliphatic heterocycles. The van der Waals surface area contributed by atoms with Crippen LogP contribution in [0.4, 0.5) is 32.2 Å². The van der Waals surface area contributed by atoms with Crippen molar-refractivity contribution in [1.29, 1.82) is 0 Å². The summed E-state index contributed by atoms with van der Waals surface area (Å²) in [5, 5.41) is 8.06. The van der Waals surface area contributed by atoms with E-state index >= 15 is 8.78 Å². The van der Waals surface area contributed by atoms with Crippen LogP contribution in [0.25, 0.3) is 32.9 Å². The van der Waals surface area contributed by atoms with Gasteiger partial charge in [-0.1, -0.05) is 0 Å². The van der Waals surface area contributed by atoms with Gasteiger partial charge in [-0.2, -0.15) is 28.2 Å². The van der Waals surface area contributed by atoms with Gasteiger partial charge in [0, 0.05) is 67.7 Å². The van der Waals surface area contributed by atoms with E-state index in [9.17, 15) is 17.6 Å². The van der Waals surface area contributed by atoms with Gasteiger partial charge in [0.25, 0.3) is 0 Å². The van der Waals surface area contributed by atoms with Crippen molar-refractivity contribution < 1.29 is 31.1 Å². The second-order valence-corrected chi connectivity index (χ2v) is 13.4. The Hall–Kier alpha value is -3.65. The van der Waals surface area contributed by atoms with Crippen molar-refractivity contribution in [3.8, 4) is 17.1 Å². The average Bonchev–Trinajstić information content (AvgIpc) is 3.72. The Labute approximate surface area is 260 Å². The van der Waals surface area contributed by atoms with Gasteiger partial charge in [0.2, 0.25) is 0 Å². The Morgan fingerprint density at radius 2 is 1.80 bits per heavy atom. The molecule has 244 valence electrons. The fraction of sp³-hybridized carbons (Fsp3) is 0.531. The molecule has 4 saturated heterocycles. The first-order chi connectivity index (χ1) is 21.9. The highest BCUT2D eigenvalue weighted by atomic mass is 19.4. The lowest BCUT2D eigenvalue weighted by Crippen LogP contribution is -2.51. The minimum absolute atomic E-state index is 0.0382. The van der Waals surface area contributed by atoms with Crippen molar-refractivity contribution in [1.82, 2.24) is 30.0 Å². The predicted octanol–water partition coefficient (Wildman–Crippen LogP) is 5.68. The summed E-state index contributed by atoms with van der Waals surface area (Å²) in [6, 6.07) is 2.47. The zero-order chi connectivity index (χ0) is 32.1. The molecule has 8 rings (SSSR count). The van der Waals surface area contributed by atoms with Crippen LogP contribution in [0.5, 0.6) is 6.01 Å². The molecule has 2 unspecified atom stereocenters. The normalized spacial score (nSPS) is 26.5. The van der Waals surface area contributed by atoms with E-state index in [0.29, 0.717) is 31.4 Å². The number of nitrogens with one attached hydrogen (secondary N) is 1. The highest BCUT2D eigenvalue weighted by molar-refractivity contribution is 6.01. The molecule has 0 spiro atoms. The number of nitrogens with zero attached hydrogens (tertiary/aromatic N) is 6. The van der Waals surface area contributed by atoms with Crippen LogP contribution >= 0.6 is 0 Å². The number of aromatic nitrogens is 4. The van der Waals surface area contributed by atoms with E-state index in [1.807, 2.05) is 4.90 Å². The molecule has 8 nitrogen and oxygen atoms in total. The fourth-order valence-corrected chi connectivity index (χ4v) is 8.35. The molecule has 2 aromatic carbocycles. The SMILES string of the molecule is Cc1cc2cn(C)nc2c(-c2c(F)cc3c(N4CC5CCC(C4)N5)nc(OC[C@@]45CCCN4C[C@H](F)C5)nc3c2F)c1C(F)(F)F. The summed E-state index contributed by atoms with van der Waals surface area (Å²) in [6.07, 6.45) is -0.611. The largest absolute Gasteiger partial charge is 0.461 e. The summed E-state index contributed by atoms with van der Waals surface area (Å²) in [5.74, 6) is -2.18. The molecule has 2 aromatic heterocycles. The van der Waals surface area contributed by atoms with Crippen molar-refractivity contribution in [3.63, 3.8) is 0 Å². The first kappa shape index (κ1) is 29.7. The Morgan fingerprint density at radius 3 is 2.54 bits per heavy atom. The average molecular weight is 646 g/mol. The number of hydrogen-bond acceptors (Lipinski definition) is 7. The van der Waals surface area contributed by atoms with Crippen molar-refractivity contribution in [3.05, 3.63) is 41.1 Å². The van der Waals surface area contributed by atoms with Crippen LogP contribution in [-0.2, 0) is 13.2 Å². The summed E-state index contributed by atoms with van der Waals surface area (Å²) >= 11 is 0. The maximum atomic E-state index is 16.9. The number of hydrogen-bond donors (Lipinski definition) is 1. The van der Waals surface area contributed by atoms with Gasteiger partial charge in [-0.25, -0.2) is 13.2 Å². The third-order valence-corrected chi connectivity index (χ3v) is 10.2. The first-order valence-electron chi connectivity index (χ1n) is 15.7. The van der Waals surface area contributed by atoms with Gasteiger partial charge in [0.1, 0.15) is 35.4 Å². The molecule has 0 saturated carbocycles. The van der Waals surface area contributed by atoms with Crippen LogP contribution in [0.1, 0.15) is 43.2 Å².